The van der Waals surface area contributed by atoms with Crippen LogP contribution in [0.25, 0.3) is 0 Å². The van der Waals surface area contributed by atoms with Gasteiger partial charge in [0.15, 0.2) is 12.1 Å². The van der Waals surface area contributed by atoms with Crippen molar-refractivity contribution in [2.75, 3.05) is 26.1 Å². The van der Waals surface area contributed by atoms with Crippen LogP contribution in [0.5, 0.6) is 17.2 Å². The number of benzene rings is 3. The summed E-state index contributed by atoms with van der Waals surface area (Å²) in [5.41, 5.74) is 6.94. The number of ether oxygens (including phenoxy) is 3. The van der Waals surface area contributed by atoms with Crippen molar-refractivity contribution in [1.82, 2.24) is 5.43 Å². The first-order valence-corrected chi connectivity index (χ1v) is 16.1. The van der Waals surface area contributed by atoms with E-state index in [-0.39, 0.29) is 53.0 Å². The molecule has 6 rings (SSSR count). The van der Waals surface area contributed by atoms with Crippen molar-refractivity contribution in [2.24, 2.45) is 10.8 Å². The van der Waals surface area contributed by atoms with Crippen LogP contribution in [0.15, 0.2) is 47.6 Å². The van der Waals surface area contributed by atoms with Crippen molar-refractivity contribution < 1.29 is 49.0 Å². The van der Waals surface area contributed by atoms with Crippen molar-refractivity contribution >= 4 is 28.9 Å². The van der Waals surface area contributed by atoms with Gasteiger partial charge < -0.3 is 45.3 Å². The molecule has 14 nitrogen and oxygen atoms in total. The molecule has 1 amide bonds. The largest absolute Gasteiger partial charge is 0.507 e. The van der Waals surface area contributed by atoms with Gasteiger partial charge in [0.25, 0.3) is 5.91 Å². The Bertz CT molecular complexity index is 1900. The lowest BCUT2D eigenvalue weighted by Gasteiger charge is -2.42. The Balaban J connectivity index is 1.42. The normalized spacial score (nSPS) is 26.1. The SMILES string of the molecule is COc1cccc2c1C(=O)c1c(O)c3c(c(O)c1C2=O)C[C@@](O)(/C(C)=N/NC(=O)c1ccc(N(C)C)cc1)C[C@@H]3OC1CC(N)C(O)C(C)O1. The van der Waals surface area contributed by atoms with Gasteiger partial charge in [-0.2, -0.15) is 5.10 Å². The fourth-order valence-corrected chi connectivity index (χ4v) is 6.88. The number of phenols is 2. The van der Waals surface area contributed by atoms with Crippen molar-refractivity contribution in [3.8, 4) is 17.2 Å². The zero-order chi connectivity index (χ0) is 36.2. The number of hydrogen-bond acceptors (Lipinski definition) is 13. The Hall–Kier alpha value is -4.86. The van der Waals surface area contributed by atoms with Crippen LogP contribution in [-0.4, -0.2) is 95.0 Å². The zero-order valence-corrected chi connectivity index (χ0v) is 28.3. The molecule has 6 atom stereocenters. The average molecular weight is 689 g/mol. The second-order valence-electron chi connectivity index (χ2n) is 13.2. The van der Waals surface area contributed by atoms with E-state index in [0.29, 0.717) is 5.56 Å². The van der Waals surface area contributed by atoms with E-state index in [4.69, 9.17) is 19.9 Å². The van der Waals surface area contributed by atoms with Crippen LogP contribution < -0.4 is 20.8 Å². The number of carbonyl (C=O) groups excluding carboxylic acids is 3. The number of phenolic OH excluding ortho intramolecular Hbond substituents is 2. The van der Waals surface area contributed by atoms with E-state index >= 15 is 0 Å². The van der Waals surface area contributed by atoms with Crippen molar-refractivity contribution in [1.29, 1.82) is 0 Å². The van der Waals surface area contributed by atoms with Crippen LogP contribution in [0, 0.1) is 0 Å². The number of amides is 1. The molecular formula is C36H40N4O10. The fraction of sp³-hybridized carbons (Fsp3) is 0.389. The highest BCUT2D eigenvalue weighted by molar-refractivity contribution is 6.31. The number of hydrazone groups is 1. The van der Waals surface area contributed by atoms with Gasteiger partial charge >= 0.3 is 0 Å². The van der Waals surface area contributed by atoms with E-state index in [1.165, 1.54) is 32.2 Å². The molecule has 0 bridgehead atoms. The lowest BCUT2D eigenvalue weighted by Crippen LogP contribution is -2.52. The number of nitrogens with two attached hydrogens (primary N) is 1. The summed E-state index contributed by atoms with van der Waals surface area (Å²) in [6, 6.07) is 10.6. The summed E-state index contributed by atoms with van der Waals surface area (Å²) < 4.78 is 17.5. The molecule has 0 saturated carbocycles. The molecule has 3 aromatic rings. The first-order chi connectivity index (χ1) is 23.7. The van der Waals surface area contributed by atoms with Gasteiger partial charge in [-0.05, 0) is 44.2 Å². The molecule has 7 N–H and O–H groups in total. The summed E-state index contributed by atoms with van der Waals surface area (Å²) in [6.45, 7) is 3.10. The molecule has 1 aliphatic heterocycles. The Morgan fingerprint density at radius 2 is 1.74 bits per heavy atom. The molecule has 1 heterocycles. The summed E-state index contributed by atoms with van der Waals surface area (Å²) in [4.78, 5) is 42.6. The zero-order valence-electron chi connectivity index (χ0n) is 28.3. The minimum absolute atomic E-state index is 0.0217. The van der Waals surface area contributed by atoms with E-state index in [0.717, 1.165) is 5.69 Å². The molecule has 3 aromatic carbocycles. The first-order valence-electron chi connectivity index (χ1n) is 16.1. The summed E-state index contributed by atoms with van der Waals surface area (Å²) >= 11 is 0. The van der Waals surface area contributed by atoms with Crippen LogP contribution in [0.3, 0.4) is 0 Å². The number of hydrogen-bond donors (Lipinski definition) is 6. The van der Waals surface area contributed by atoms with E-state index in [9.17, 15) is 34.8 Å². The molecule has 1 saturated heterocycles. The van der Waals surface area contributed by atoms with Crippen molar-refractivity contribution in [2.45, 2.75) is 69.4 Å². The predicted octanol–water partition coefficient (Wildman–Crippen LogP) is 2.31. The summed E-state index contributed by atoms with van der Waals surface area (Å²) in [5, 5.41) is 50.2. The molecular weight excluding hydrogens is 648 g/mol. The third-order valence-electron chi connectivity index (χ3n) is 9.79. The minimum Gasteiger partial charge on any atom is -0.507 e. The smallest absolute Gasteiger partial charge is 0.271 e. The number of methoxy groups -OCH3 is 1. The number of nitrogens with zero attached hydrogens (tertiary/aromatic N) is 2. The summed E-state index contributed by atoms with van der Waals surface area (Å²) in [6.07, 6.45) is -4.56. The van der Waals surface area contributed by atoms with E-state index < -0.39 is 76.3 Å². The van der Waals surface area contributed by atoms with Gasteiger partial charge in [-0.15, -0.1) is 0 Å². The van der Waals surface area contributed by atoms with Crippen LogP contribution in [0.4, 0.5) is 5.69 Å². The van der Waals surface area contributed by atoms with Gasteiger partial charge in [0, 0.05) is 67.3 Å². The Kier molecular flexibility index (Phi) is 9.18. The topological polar surface area (TPSA) is 213 Å². The standard InChI is InChI=1S/C36H40N4O10/c1-16-30(41)22(37)13-25(49-16)50-24-15-36(47,17(2)38-39-35(46)18-9-11-19(12-10-18)40(3)4)14-21-27(24)34(45)29-28(32(21)43)31(42)20-7-6-8-23(48-5)26(20)33(29)44/h6-12,16,22,24-25,30,41,43,45,47H,13-15,37H2,1-5H3,(H,39,46)/b38-17+/t16?,22?,24-,25?,30?,36-/m0/s1. The lowest BCUT2D eigenvalue weighted by molar-refractivity contribution is -0.245. The Labute approximate surface area is 288 Å². The summed E-state index contributed by atoms with van der Waals surface area (Å²) in [7, 11) is 5.09. The van der Waals surface area contributed by atoms with Gasteiger partial charge in [-0.3, -0.25) is 14.4 Å². The molecule has 4 unspecified atom stereocenters. The first kappa shape index (κ1) is 35.0. The van der Waals surface area contributed by atoms with Crippen molar-refractivity contribution in [3.05, 3.63) is 81.4 Å². The lowest BCUT2D eigenvalue weighted by atomic mass is 9.71. The van der Waals surface area contributed by atoms with Gasteiger partial charge in [-0.25, -0.2) is 5.43 Å². The molecule has 264 valence electrons. The van der Waals surface area contributed by atoms with Crippen LogP contribution in [-0.2, 0) is 15.9 Å². The quantitative estimate of drug-likeness (QED) is 0.0938. The van der Waals surface area contributed by atoms with E-state index in [1.807, 2.05) is 19.0 Å². The third-order valence-corrected chi connectivity index (χ3v) is 9.79. The number of rotatable bonds is 7. The monoisotopic (exact) mass is 688 g/mol. The number of fused-ring (bicyclic) bond motifs is 3. The van der Waals surface area contributed by atoms with Gasteiger partial charge in [-0.1, -0.05) is 12.1 Å². The maximum atomic E-state index is 13.9. The second-order valence-corrected chi connectivity index (χ2v) is 13.2. The number of anilines is 1. The second kappa shape index (κ2) is 13.1. The van der Waals surface area contributed by atoms with Crippen LogP contribution in [0.1, 0.15) is 86.1 Å². The number of aliphatic hydroxyl groups excluding tert-OH is 1. The minimum atomic E-state index is -1.90. The van der Waals surface area contributed by atoms with E-state index in [2.05, 4.69) is 10.5 Å². The number of aliphatic hydroxyl groups is 2. The maximum Gasteiger partial charge on any atom is 0.271 e. The molecule has 2 aliphatic carbocycles. The number of nitrogens with one attached hydrogen (secondary N) is 1. The molecule has 0 radical (unpaired) electrons. The van der Waals surface area contributed by atoms with Gasteiger partial charge in [0.2, 0.25) is 5.78 Å². The molecule has 14 heteroatoms. The van der Waals surface area contributed by atoms with Crippen LogP contribution >= 0.6 is 0 Å². The number of aromatic hydroxyl groups is 2. The summed E-state index contributed by atoms with van der Waals surface area (Å²) in [5.74, 6) is -3.11. The molecule has 3 aliphatic rings. The van der Waals surface area contributed by atoms with Crippen LogP contribution in [0.2, 0.25) is 0 Å². The van der Waals surface area contributed by atoms with Gasteiger partial charge in [0.05, 0.1) is 47.8 Å². The molecule has 0 aromatic heterocycles. The van der Waals surface area contributed by atoms with Crippen molar-refractivity contribution in [3.63, 3.8) is 0 Å². The maximum absolute atomic E-state index is 13.9. The molecule has 50 heavy (non-hydrogen) atoms. The molecule has 0 spiro atoms. The third kappa shape index (κ3) is 5.88. The number of carbonyl (C=O) groups is 3. The Morgan fingerprint density at radius 1 is 1.06 bits per heavy atom. The molecule has 1 fully saturated rings. The van der Waals surface area contributed by atoms with E-state index in [1.54, 1.807) is 31.2 Å². The highest BCUT2D eigenvalue weighted by atomic mass is 16.7. The van der Waals surface area contributed by atoms with Gasteiger partial charge in [0.1, 0.15) is 22.8 Å². The predicted molar refractivity (Wildman–Crippen MR) is 181 cm³/mol. The highest BCUT2D eigenvalue weighted by Crippen LogP contribution is 2.52. The number of ketones is 2. The fourth-order valence-electron chi connectivity index (χ4n) is 6.88. The Morgan fingerprint density at radius 3 is 2.38 bits per heavy atom. The average Bonchev–Trinajstić information content (AvgIpc) is 3.09. The highest BCUT2D eigenvalue weighted by Gasteiger charge is 2.49.